The molecule has 3 rings (SSSR count). The molecule has 7 heteroatoms. The average molecular weight is 350 g/mol. The molecular weight excluding hydrogens is 333 g/mol. The maximum absolute atomic E-state index is 12.7. The first kappa shape index (κ1) is 17.3. The number of halogens is 3. The van der Waals surface area contributed by atoms with Gasteiger partial charge in [0.1, 0.15) is 0 Å². The van der Waals surface area contributed by atoms with Gasteiger partial charge in [-0.3, -0.25) is 10.1 Å². The van der Waals surface area contributed by atoms with Crippen molar-refractivity contribution >= 4 is 11.4 Å². The largest absolute Gasteiger partial charge is 0.416 e. The van der Waals surface area contributed by atoms with Gasteiger partial charge in [0.05, 0.1) is 10.5 Å². The zero-order valence-corrected chi connectivity index (χ0v) is 13.6. The van der Waals surface area contributed by atoms with E-state index in [0.717, 1.165) is 41.9 Å². The molecule has 132 valence electrons. The summed E-state index contributed by atoms with van der Waals surface area (Å²) in [6, 6.07) is 10.1. The van der Waals surface area contributed by atoms with Crippen LogP contribution >= 0.6 is 0 Å². The van der Waals surface area contributed by atoms with Crippen molar-refractivity contribution in [2.24, 2.45) is 0 Å². The predicted octanol–water partition coefficient (Wildman–Crippen LogP) is 4.92. The van der Waals surface area contributed by atoms with Crippen LogP contribution in [0, 0.1) is 17.0 Å². The summed E-state index contributed by atoms with van der Waals surface area (Å²) in [6.45, 7) is 3.28. The summed E-state index contributed by atoms with van der Waals surface area (Å²) in [5, 5.41) is 10.8. The van der Waals surface area contributed by atoms with Crippen LogP contribution < -0.4 is 4.90 Å². The lowest BCUT2D eigenvalue weighted by Gasteiger charge is -2.21. The number of aryl methyl sites for hydroxylation is 1. The maximum Gasteiger partial charge on any atom is 0.416 e. The zero-order valence-electron chi connectivity index (χ0n) is 13.6. The number of hydrogen-bond acceptors (Lipinski definition) is 3. The van der Waals surface area contributed by atoms with Gasteiger partial charge in [0, 0.05) is 36.8 Å². The Hall–Kier alpha value is -2.57. The number of non-ortho nitro benzene ring substituents is 1. The number of rotatable bonds is 3. The fourth-order valence-corrected chi connectivity index (χ4v) is 3.30. The molecule has 0 aliphatic carbocycles. The van der Waals surface area contributed by atoms with E-state index in [2.05, 4.69) is 4.90 Å². The van der Waals surface area contributed by atoms with Gasteiger partial charge in [-0.2, -0.15) is 13.2 Å². The minimum absolute atomic E-state index is 0.0553. The maximum atomic E-state index is 12.7. The van der Waals surface area contributed by atoms with Crippen LogP contribution in [-0.2, 0) is 6.18 Å². The highest BCUT2D eigenvalue weighted by Gasteiger charge is 2.31. The van der Waals surface area contributed by atoms with Gasteiger partial charge >= 0.3 is 6.18 Å². The van der Waals surface area contributed by atoms with E-state index in [1.165, 1.54) is 6.07 Å². The molecule has 0 spiro atoms. The highest BCUT2D eigenvalue weighted by molar-refractivity contribution is 5.58. The fourth-order valence-electron chi connectivity index (χ4n) is 3.30. The van der Waals surface area contributed by atoms with E-state index in [9.17, 15) is 23.3 Å². The molecule has 25 heavy (non-hydrogen) atoms. The van der Waals surface area contributed by atoms with Gasteiger partial charge in [-0.05, 0) is 42.7 Å². The first-order chi connectivity index (χ1) is 11.8. The minimum Gasteiger partial charge on any atom is -0.371 e. The van der Waals surface area contributed by atoms with Crippen LogP contribution in [-0.4, -0.2) is 18.0 Å². The van der Waals surface area contributed by atoms with Crippen molar-refractivity contribution in [1.29, 1.82) is 0 Å². The smallest absolute Gasteiger partial charge is 0.371 e. The quantitative estimate of drug-likeness (QED) is 0.583. The molecule has 1 fully saturated rings. The van der Waals surface area contributed by atoms with Crippen molar-refractivity contribution in [3.8, 4) is 0 Å². The molecule has 0 saturated carbocycles. The highest BCUT2D eigenvalue weighted by Crippen LogP contribution is 2.35. The second-order valence-corrected chi connectivity index (χ2v) is 6.28. The SMILES string of the molecule is Cc1cc([N+](=O)[O-])ccc1N1CCC(c2ccc(C(F)(F)F)cc2)C1. The summed E-state index contributed by atoms with van der Waals surface area (Å²) in [7, 11) is 0. The third-order valence-corrected chi connectivity index (χ3v) is 4.63. The number of alkyl halides is 3. The lowest BCUT2D eigenvalue weighted by Crippen LogP contribution is -2.20. The molecule has 1 aliphatic heterocycles. The van der Waals surface area contributed by atoms with E-state index in [4.69, 9.17) is 0 Å². The van der Waals surface area contributed by atoms with Crippen LogP contribution in [0.5, 0.6) is 0 Å². The minimum atomic E-state index is -4.32. The van der Waals surface area contributed by atoms with Crippen LogP contribution in [0.3, 0.4) is 0 Å². The Morgan fingerprint density at radius 3 is 2.40 bits per heavy atom. The summed E-state index contributed by atoms with van der Waals surface area (Å²) in [5.41, 5.74) is 2.05. The molecule has 1 saturated heterocycles. The van der Waals surface area contributed by atoms with Crippen molar-refractivity contribution in [2.75, 3.05) is 18.0 Å². The molecule has 1 atom stereocenters. The predicted molar refractivity (Wildman–Crippen MR) is 88.8 cm³/mol. The van der Waals surface area contributed by atoms with Gasteiger partial charge in [0.25, 0.3) is 5.69 Å². The number of anilines is 1. The van der Waals surface area contributed by atoms with Crippen LogP contribution in [0.4, 0.5) is 24.5 Å². The molecule has 1 unspecified atom stereocenters. The molecule has 4 nitrogen and oxygen atoms in total. The summed E-state index contributed by atoms with van der Waals surface area (Å²) in [6.07, 6.45) is -3.49. The topological polar surface area (TPSA) is 46.4 Å². The van der Waals surface area contributed by atoms with E-state index in [-0.39, 0.29) is 11.6 Å². The van der Waals surface area contributed by atoms with Crippen LogP contribution in [0.25, 0.3) is 0 Å². The summed E-state index contributed by atoms with van der Waals surface area (Å²) in [4.78, 5) is 12.5. The standard InChI is InChI=1S/C18H17F3N2O2/c1-12-10-16(23(24)25)6-7-17(12)22-9-8-14(11-22)13-2-4-15(5-3-13)18(19,20)21/h2-7,10,14H,8-9,11H2,1H3. The third kappa shape index (κ3) is 3.60. The van der Waals surface area contributed by atoms with E-state index in [0.29, 0.717) is 6.54 Å². The van der Waals surface area contributed by atoms with Gasteiger partial charge in [-0.1, -0.05) is 12.1 Å². The molecule has 0 amide bonds. The van der Waals surface area contributed by atoms with Crippen molar-refractivity contribution in [2.45, 2.75) is 25.4 Å². The number of benzene rings is 2. The number of nitro benzene ring substituents is 1. The Bertz CT molecular complexity index is 788. The number of nitro groups is 1. The summed E-state index contributed by atoms with van der Waals surface area (Å²) in [5.74, 6) is 0.150. The van der Waals surface area contributed by atoms with Gasteiger partial charge in [-0.25, -0.2) is 0 Å². The Morgan fingerprint density at radius 1 is 1.16 bits per heavy atom. The lowest BCUT2D eigenvalue weighted by atomic mass is 9.97. The van der Waals surface area contributed by atoms with Gasteiger partial charge < -0.3 is 4.90 Å². The molecular formula is C18H17F3N2O2. The second-order valence-electron chi connectivity index (χ2n) is 6.28. The summed E-state index contributed by atoms with van der Waals surface area (Å²) >= 11 is 0. The Morgan fingerprint density at radius 2 is 1.84 bits per heavy atom. The molecule has 2 aromatic carbocycles. The first-order valence-electron chi connectivity index (χ1n) is 7.93. The van der Waals surface area contributed by atoms with Gasteiger partial charge in [-0.15, -0.1) is 0 Å². The van der Waals surface area contributed by atoms with Gasteiger partial charge in [0.2, 0.25) is 0 Å². The molecule has 0 bridgehead atoms. The van der Waals surface area contributed by atoms with Crippen molar-refractivity contribution < 1.29 is 18.1 Å². The molecule has 1 heterocycles. The van der Waals surface area contributed by atoms with E-state index in [1.54, 1.807) is 24.3 Å². The molecule has 0 N–H and O–H groups in total. The van der Waals surface area contributed by atoms with E-state index in [1.807, 2.05) is 6.92 Å². The fraction of sp³-hybridized carbons (Fsp3) is 0.333. The molecule has 0 radical (unpaired) electrons. The Balaban J connectivity index is 1.74. The molecule has 0 aromatic heterocycles. The third-order valence-electron chi connectivity index (χ3n) is 4.63. The molecule has 2 aromatic rings. The highest BCUT2D eigenvalue weighted by atomic mass is 19.4. The van der Waals surface area contributed by atoms with E-state index < -0.39 is 16.7 Å². The average Bonchev–Trinajstić information content (AvgIpc) is 3.03. The van der Waals surface area contributed by atoms with Crippen molar-refractivity contribution in [1.82, 2.24) is 0 Å². The normalized spacial score (nSPS) is 17.8. The zero-order chi connectivity index (χ0) is 18.2. The van der Waals surface area contributed by atoms with Crippen molar-refractivity contribution in [3.63, 3.8) is 0 Å². The van der Waals surface area contributed by atoms with E-state index >= 15 is 0 Å². The molecule has 1 aliphatic rings. The van der Waals surface area contributed by atoms with Crippen LogP contribution in [0.2, 0.25) is 0 Å². The van der Waals surface area contributed by atoms with Crippen molar-refractivity contribution in [3.05, 3.63) is 69.3 Å². The monoisotopic (exact) mass is 350 g/mol. The Labute approximate surface area is 143 Å². The van der Waals surface area contributed by atoms with Gasteiger partial charge in [0.15, 0.2) is 0 Å². The number of hydrogen-bond donors (Lipinski definition) is 0. The second kappa shape index (κ2) is 6.38. The first-order valence-corrected chi connectivity index (χ1v) is 7.93. The van der Waals surface area contributed by atoms with Crippen LogP contribution in [0.1, 0.15) is 29.0 Å². The Kier molecular flexibility index (Phi) is 4.41. The lowest BCUT2D eigenvalue weighted by molar-refractivity contribution is -0.384. The number of nitrogens with zero attached hydrogens (tertiary/aromatic N) is 2. The van der Waals surface area contributed by atoms with Crippen LogP contribution in [0.15, 0.2) is 42.5 Å². The summed E-state index contributed by atoms with van der Waals surface area (Å²) < 4.78 is 38.0.